The molecule has 0 bridgehead atoms. The molecule has 0 aromatic carbocycles. The third-order valence-electron chi connectivity index (χ3n) is 4.83. The van der Waals surface area contributed by atoms with E-state index in [1.165, 1.54) is 0 Å². The van der Waals surface area contributed by atoms with E-state index < -0.39 is 161 Å². The van der Waals surface area contributed by atoms with Crippen molar-refractivity contribution in [3.8, 4) is 0 Å². The molecule has 0 spiro atoms. The molecule has 8 atom stereocenters. The Labute approximate surface area is 231 Å². The van der Waals surface area contributed by atoms with Gasteiger partial charge >= 0.3 is 0 Å². The van der Waals surface area contributed by atoms with Gasteiger partial charge in [0.2, 0.25) is 0 Å². The van der Waals surface area contributed by atoms with Gasteiger partial charge in [-0.2, -0.15) is 0 Å². The summed E-state index contributed by atoms with van der Waals surface area (Å²) >= 11 is 0. The van der Waals surface area contributed by atoms with Gasteiger partial charge in [0, 0.05) is 52.1 Å². The van der Waals surface area contributed by atoms with Crippen molar-refractivity contribution in [2.75, 3.05) is 0 Å². The molecule has 1 heteroatoms. The fourth-order valence-corrected chi connectivity index (χ4v) is 3.42. The van der Waals surface area contributed by atoms with Gasteiger partial charge in [0.1, 0.15) is 0 Å². The largest absolute Gasteiger partial charge is 0.393 e. The van der Waals surface area contributed by atoms with E-state index in [0.717, 1.165) is 0 Å². The Hall–Kier alpha value is -0.300. The maximum Gasteiger partial charge on any atom is 0.0604 e. The maximum atomic E-state index is 11.2. The predicted octanol–water partition coefficient (Wildman–Crippen LogP) is 7.39. The Morgan fingerprint density at radius 2 is 2.21 bits per heavy atom. The lowest BCUT2D eigenvalue weighted by atomic mass is 9.47. The van der Waals surface area contributed by atoms with Crippen molar-refractivity contribution in [2.45, 2.75) is 111 Å². The van der Waals surface area contributed by atoms with Crippen LogP contribution >= 0.6 is 0 Å². The van der Waals surface area contributed by atoms with E-state index in [2.05, 4.69) is 0 Å². The van der Waals surface area contributed by atoms with E-state index in [9.17, 15) is 22.9 Å². The fraction of sp³-hybridized carbons (Fsp3) is 0.926. The maximum absolute atomic E-state index is 11.2. The Morgan fingerprint density at radius 3 is 3.00 bits per heavy atom. The summed E-state index contributed by atoms with van der Waals surface area (Å²) in [6, 6.07) is -2.55. The monoisotopic (exact) mass is 427 g/mol. The minimum atomic E-state index is -5.57. The molecule has 0 aromatic heterocycles. The van der Waals surface area contributed by atoms with Crippen LogP contribution in [0.3, 0.4) is 0 Å². The summed E-state index contributed by atoms with van der Waals surface area (Å²) in [7, 11) is 0. The number of aliphatic hydroxyl groups is 1. The molecule has 0 unspecified atom stereocenters. The molecule has 0 saturated heterocycles. The Morgan fingerprint density at radius 1 is 1.32 bits per heavy atom. The number of fused-ring (bicyclic) bond motifs is 5. The molecule has 0 heterocycles. The highest BCUT2D eigenvalue weighted by molar-refractivity contribution is 5.25. The van der Waals surface area contributed by atoms with Crippen molar-refractivity contribution in [3.05, 3.63) is 11.6 Å². The summed E-state index contributed by atoms with van der Waals surface area (Å²) in [6.45, 7) is -19.2. The Balaban J connectivity index is 2.49. The first-order chi connectivity index (χ1) is 28.7. The van der Waals surface area contributed by atoms with Crippen molar-refractivity contribution >= 4 is 0 Å². The van der Waals surface area contributed by atoms with Gasteiger partial charge in [0.25, 0.3) is 0 Å². The first kappa shape index (κ1) is 3.95. The van der Waals surface area contributed by atoms with Crippen LogP contribution in [0.5, 0.6) is 0 Å². The van der Waals surface area contributed by atoms with E-state index in [1.807, 2.05) is 0 Å². The van der Waals surface area contributed by atoms with Gasteiger partial charge in [-0.3, -0.25) is 0 Å². The minimum Gasteiger partial charge on any atom is -0.393 e. The molecule has 0 amide bonds. The molecule has 1 nitrogen and oxygen atoms in total. The predicted molar refractivity (Wildman–Crippen MR) is 119 cm³/mol. The lowest BCUT2D eigenvalue weighted by molar-refractivity contribution is -0.0573. The Kier molecular flexibility index (Phi) is 1.09. The second-order valence-corrected chi connectivity index (χ2v) is 6.66. The van der Waals surface area contributed by atoms with Crippen molar-refractivity contribution in [3.63, 3.8) is 0 Å². The first-order valence-electron chi connectivity index (χ1n) is 28.2. The zero-order chi connectivity index (χ0) is 55.4. The van der Waals surface area contributed by atoms with Gasteiger partial charge in [0.05, 0.1) is 8.82 Å². The summed E-state index contributed by atoms with van der Waals surface area (Å²) in [5.74, 6) is -31.5. The van der Waals surface area contributed by atoms with Gasteiger partial charge in [-0.15, -0.1) is 0 Å². The molecule has 3 saturated carbocycles. The topological polar surface area (TPSA) is 20.2 Å². The number of hydrogen-bond donors (Lipinski definition) is 1. The zero-order valence-electron chi connectivity index (χ0n) is 54.7. The quantitative estimate of drug-likeness (QED) is 0.454. The molecule has 4 aliphatic rings. The average Bonchev–Trinajstić information content (AvgIpc) is 3.15. The molecule has 0 aliphatic heterocycles. The molecule has 3 fully saturated rings. The average molecular weight is 427 g/mol. The van der Waals surface area contributed by atoms with Crippen LogP contribution in [0.4, 0.5) is 0 Å². The van der Waals surface area contributed by atoms with Crippen LogP contribution in [0.15, 0.2) is 11.6 Å². The van der Waals surface area contributed by atoms with Gasteiger partial charge in [-0.05, 0) is 97.2 Å². The van der Waals surface area contributed by atoms with E-state index in [0.29, 0.717) is 0 Å². The third kappa shape index (κ3) is 3.42. The van der Waals surface area contributed by atoms with E-state index >= 15 is 0 Å². The molecule has 0 aromatic rings. The van der Waals surface area contributed by atoms with Gasteiger partial charge in [-0.1, -0.05) is 65.1 Å². The van der Waals surface area contributed by atoms with Gasteiger partial charge in [-0.25, -0.2) is 0 Å². The fourth-order valence-electron chi connectivity index (χ4n) is 3.42. The number of hydrogen-bond acceptors (Lipinski definition) is 1. The molecular weight excluding hydrogens is 340 g/mol. The van der Waals surface area contributed by atoms with Crippen molar-refractivity contribution in [1.82, 2.24) is 0 Å². The lowest BCUT2D eigenvalue weighted by Crippen LogP contribution is -2.50. The molecule has 28 heavy (non-hydrogen) atoms. The number of rotatable bonds is 5. The van der Waals surface area contributed by atoms with Crippen molar-refractivity contribution in [1.29, 1.82) is 0 Å². The summed E-state index contributed by atoms with van der Waals surface area (Å²) < 4.78 is 354. The first-order valence-corrected chi connectivity index (χ1v) is 8.18. The summed E-state index contributed by atoms with van der Waals surface area (Å²) in [4.78, 5) is 0. The standard InChI is InChI=1S/C27H46O/c1-18(2)7-6-8-19(3)23-11-12-24-22-10-9-20-17-21(28)13-15-26(20,4)25(22)14-16-27(23,24)5/h9,18-19,21-25,28H,6-8,10-17H2,1-5H3/t19-,21+,22+,23-,24+,25+,26+,27-/m1/s1/i1D3,2D3,3D3,4D3,6D2,7D2,8D2,9D,10D2,11D2,12D2,13D2,14D2,15D2,17D2,18D,19D,21D,22D,23D,24D,25D. The number of allylic oxidation sites excluding steroid dienone is 1. The SMILES string of the molecule is [2H]C1=C2C([2H])([2H])[C@@]([2H])(O)C([2H])([2H])C([2H])([2H])[C@]2(C([2H])([2H])[2H])[C@@]2([2H])C([2H])([2H])C[C@]3(C)[C@@]([2H])([C@]([2H])(C([2H])([2H])[2H])C([2H])([2H])C([2H])([2H])C([2H])([2H])C([2H])(C([2H])([2H])[2H])C([2H])([2H])[2H])C([2H])([2H])C([2H])([2H])[C@@]3([2H])[C@]2([2H])C1([2H])[2H]. The van der Waals surface area contributed by atoms with Gasteiger partial charge < -0.3 is 5.11 Å². The Bertz CT molecular complexity index is 2140. The summed E-state index contributed by atoms with van der Waals surface area (Å²) in [6.07, 6.45) is -58.2. The summed E-state index contributed by atoms with van der Waals surface area (Å²) in [5, 5.41) is 11.2. The van der Waals surface area contributed by atoms with Crippen LogP contribution in [0.25, 0.3) is 0 Å². The minimum absolute atomic E-state index is 0.0180. The summed E-state index contributed by atoms with van der Waals surface area (Å²) in [5.41, 5.74) is -12.1. The van der Waals surface area contributed by atoms with Crippen LogP contribution < -0.4 is 0 Å². The van der Waals surface area contributed by atoms with E-state index in [1.54, 1.807) is 0 Å². The normalized spacial score (nSPS) is 98.5. The van der Waals surface area contributed by atoms with Gasteiger partial charge in [0.15, 0.2) is 0 Å². The zero-order valence-corrected chi connectivity index (χ0v) is 14.7. The van der Waals surface area contributed by atoms with Crippen LogP contribution in [0, 0.1) is 46.2 Å². The van der Waals surface area contributed by atoms with E-state index in [-0.39, 0.29) is 6.92 Å². The highest BCUT2D eigenvalue weighted by Gasteiger charge is 2.59. The molecular formula is C27H46O. The molecule has 0 radical (unpaired) electrons. The second-order valence-electron chi connectivity index (χ2n) is 6.66. The molecule has 160 valence electrons. The third-order valence-corrected chi connectivity index (χ3v) is 4.83. The highest BCUT2D eigenvalue weighted by Crippen LogP contribution is 2.67. The molecule has 1 N–H and O–H groups in total. The van der Waals surface area contributed by atoms with Crippen LogP contribution in [0.1, 0.15) is 159 Å². The highest BCUT2D eigenvalue weighted by atomic mass is 16.3. The lowest BCUT2D eigenvalue weighted by Gasteiger charge is -2.58. The second kappa shape index (κ2) is 7.75. The van der Waals surface area contributed by atoms with Crippen molar-refractivity contribution < 1.29 is 59.9 Å². The van der Waals surface area contributed by atoms with Crippen LogP contribution in [-0.2, 0) is 0 Å². The van der Waals surface area contributed by atoms with Crippen LogP contribution in [0.2, 0.25) is 0 Å². The molecule has 4 rings (SSSR count). The smallest absolute Gasteiger partial charge is 0.0604 e. The van der Waals surface area contributed by atoms with Crippen LogP contribution in [-0.4, -0.2) is 11.2 Å². The van der Waals surface area contributed by atoms with E-state index in [4.69, 9.17) is 37.0 Å². The molecule has 4 aliphatic carbocycles. The van der Waals surface area contributed by atoms with Crippen molar-refractivity contribution in [2.24, 2.45) is 46.2 Å².